The second kappa shape index (κ2) is 1.77. The summed E-state index contributed by atoms with van der Waals surface area (Å²) in [5, 5.41) is 1.32. The summed E-state index contributed by atoms with van der Waals surface area (Å²) in [5.74, 6) is 0. The van der Waals surface area contributed by atoms with Gasteiger partial charge in [0, 0.05) is 5.19 Å². The molecule has 1 aliphatic rings. The lowest BCUT2D eigenvalue weighted by atomic mass is 10.3. The first-order valence-electron chi connectivity index (χ1n) is 2.77. The van der Waals surface area contributed by atoms with Crippen molar-refractivity contribution >= 4 is 20.2 Å². The molecule has 0 spiro atoms. The van der Waals surface area contributed by atoms with Crippen LogP contribution in [0, 0.1) is 0 Å². The van der Waals surface area contributed by atoms with Gasteiger partial charge in [-0.05, 0) is 6.07 Å². The van der Waals surface area contributed by atoms with Gasteiger partial charge >= 0.3 is 0 Å². The standard InChI is InChI=1S/C6H5N2Si/c1-2-4-6-5(3-1)7-8-9-6/h1-4,7H. The Morgan fingerprint density at radius 3 is 3.11 bits per heavy atom. The highest BCUT2D eigenvalue weighted by atomic mass is 28.2. The molecule has 1 heterocycles. The number of para-hydroxylation sites is 1. The van der Waals surface area contributed by atoms with Crippen molar-refractivity contribution in [3.05, 3.63) is 24.3 Å². The first-order chi connectivity index (χ1) is 4.47. The fraction of sp³-hybridized carbons (Fsp3) is 0. The third kappa shape index (κ3) is 0.694. The molecule has 2 nitrogen and oxygen atoms in total. The quantitative estimate of drug-likeness (QED) is 0.513. The predicted molar refractivity (Wildman–Crippen MR) is 37.9 cm³/mol. The van der Waals surface area contributed by atoms with E-state index in [1.165, 1.54) is 5.19 Å². The topological polar surface area (TPSA) is 24.4 Å². The molecule has 0 aliphatic carbocycles. The SMILES string of the molecule is c1ccc2c(c1)NN=[Si]2. The summed E-state index contributed by atoms with van der Waals surface area (Å²) in [7, 11) is 0.594. The summed E-state index contributed by atoms with van der Waals surface area (Å²) >= 11 is 0. The smallest absolute Gasteiger partial charge is 0.226 e. The maximum absolute atomic E-state index is 4.03. The van der Waals surface area contributed by atoms with Gasteiger partial charge in [-0.25, -0.2) is 4.74 Å². The van der Waals surface area contributed by atoms with Gasteiger partial charge < -0.3 is 0 Å². The second-order valence-electron chi connectivity index (χ2n) is 1.88. The summed E-state index contributed by atoms with van der Waals surface area (Å²) in [5.41, 5.74) is 4.10. The summed E-state index contributed by atoms with van der Waals surface area (Å²) in [6.07, 6.45) is 0. The molecule has 3 heteroatoms. The minimum absolute atomic E-state index is 0.594. The molecular formula is C6H5N2Si. The average Bonchev–Trinajstić information content (AvgIpc) is 2.33. The summed E-state index contributed by atoms with van der Waals surface area (Å²) in [6, 6.07) is 8.18. The number of anilines is 1. The van der Waals surface area contributed by atoms with Crippen molar-refractivity contribution in [1.82, 2.24) is 0 Å². The molecule has 43 valence electrons. The molecule has 1 aromatic rings. The zero-order valence-electron chi connectivity index (χ0n) is 4.76. The first kappa shape index (κ1) is 4.87. The van der Waals surface area contributed by atoms with Crippen LogP contribution in [0.1, 0.15) is 0 Å². The van der Waals surface area contributed by atoms with E-state index in [9.17, 15) is 0 Å². The molecule has 2 rings (SSSR count). The Balaban J connectivity index is 2.63. The fourth-order valence-corrected chi connectivity index (χ4v) is 1.55. The number of nitrogens with zero attached hydrogens (tertiary/aromatic N) is 1. The third-order valence-electron chi connectivity index (χ3n) is 1.28. The Morgan fingerprint density at radius 1 is 1.33 bits per heavy atom. The third-order valence-corrected chi connectivity index (χ3v) is 2.18. The maximum Gasteiger partial charge on any atom is 0.226 e. The molecule has 0 bridgehead atoms. The van der Waals surface area contributed by atoms with Crippen molar-refractivity contribution in [3.8, 4) is 0 Å². The van der Waals surface area contributed by atoms with Gasteiger partial charge in [0.15, 0.2) is 0 Å². The van der Waals surface area contributed by atoms with E-state index in [0.717, 1.165) is 5.69 Å². The Kier molecular flexibility index (Phi) is 0.958. The van der Waals surface area contributed by atoms with Gasteiger partial charge in [0.25, 0.3) is 0 Å². The number of benzene rings is 1. The van der Waals surface area contributed by atoms with Gasteiger partial charge in [0.2, 0.25) is 9.31 Å². The van der Waals surface area contributed by atoms with Crippen LogP contribution in [-0.4, -0.2) is 9.31 Å². The Bertz CT molecular complexity index is 257. The van der Waals surface area contributed by atoms with Crippen LogP contribution in [0.3, 0.4) is 0 Å². The molecule has 0 amide bonds. The molecule has 0 saturated carbocycles. The number of rotatable bonds is 0. The van der Waals surface area contributed by atoms with Crippen LogP contribution < -0.4 is 10.6 Å². The molecule has 0 unspecified atom stereocenters. The van der Waals surface area contributed by atoms with Crippen LogP contribution in [0.25, 0.3) is 0 Å². The van der Waals surface area contributed by atoms with Gasteiger partial charge in [-0.2, -0.15) is 0 Å². The van der Waals surface area contributed by atoms with Crippen LogP contribution in [-0.2, 0) is 0 Å². The van der Waals surface area contributed by atoms with Gasteiger partial charge in [-0.15, -0.1) is 0 Å². The van der Waals surface area contributed by atoms with Crippen LogP contribution in [0.5, 0.6) is 0 Å². The summed E-state index contributed by atoms with van der Waals surface area (Å²) in [4.78, 5) is 0. The largest absolute Gasteiger partial charge is 0.288 e. The maximum atomic E-state index is 4.03. The van der Waals surface area contributed by atoms with Crippen molar-refractivity contribution in [2.75, 3.05) is 5.43 Å². The fourth-order valence-electron chi connectivity index (χ4n) is 0.827. The summed E-state index contributed by atoms with van der Waals surface area (Å²) in [6.45, 7) is 0. The minimum Gasteiger partial charge on any atom is -0.288 e. The predicted octanol–water partition coefficient (Wildman–Crippen LogP) is 0.540. The van der Waals surface area contributed by atoms with E-state index in [-0.39, 0.29) is 0 Å². The Hall–Kier alpha value is -0.963. The van der Waals surface area contributed by atoms with E-state index in [2.05, 4.69) is 16.2 Å². The molecule has 0 aromatic heterocycles. The molecule has 1 aliphatic heterocycles. The van der Waals surface area contributed by atoms with E-state index < -0.39 is 0 Å². The highest BCUT2D eigenvalue weighted by Crippen LogP contribution is 2.04. The van der Waals surface area contributed by atoms with Crippen molar-refractivity contribution in [1.29, 1.82) is 0 Å². The zero-order chi connectivity index (χ0) is 6.10. The van der Waals surface area contributed by atoms with E-state index in [4.69, 9.17) is 0 Å². The summed E-state index contributed by atoms with van der Waals surface area (Å²) < 4.78 is 4.03. The van der Waals surface area contributed by atoms with Gasteiger partial charge in [0.05, 0.1) is 5.69 Å². The van der Waals surface area contributed by atoms with Gasteiger partial charge in [-0.3, -0.25) is 5.43 Å². The number of fused-ring (bicyclic) bond motifs is 1. The Morgan fingerprint density at radius 2 is 2.22 bits per heavy atom. The Labute approximate surface area is 55.4 Å². The van der Waals surface area contributed by atoms with Crippen molar-refractivity contribution in [3.63, 3.8) is 0 Å². The second-order valence-corrected chi connectivity index (χ2v) is 2.87. The van der Waals surface area contributed by atoms with E-state index >= 15 is 0 Å². The zero-order valence-corrected chi connectivity index (χ0v) is 5.76. The van der Waals surface area contributed by atoms with Crippen LogP contribution in [0.2, 0.25) is 0 Å². The molecule has 0 atom stereocenters. The first-order valence-corrected chi connectivity index (χ1v) is 3.72. The van der Waals surface area contributed by atoms with Crippen molar-refractivity contribution in [2.24, 2.45) is 4.74 Å². The normalized spacial score (nSPS) is 12.9. The van der Waals surface area contributed by atoms with E-state index in [1.807, 2.05) is 18.2 Å². The van der Waals surface area contributed by atoms with E-state index in [1.54, 1.807) is 0 Å². The van der Waals surface area contributed by atoms with Crippen molar-refractivity contribution in [2.45, 2.75) is 0 Å². The van der Waals surface area contributed by atoms with Crippen LogP contribution in [0.4, 0.5) is 5.69 Å². The average molecular weight is 133 g/mol. The lowest BCUT2D eigenvalue weighted by Gasteiger charge is -1.93. The molecular weight excluding hydrogens is 128 g/mol. The van der Waals surface area contributed by atoms with Crippen LogP contribution >= 0.6 is 0 Å². The molecule has 1 radical (unpaired) electrons. The van der Waals surface area contributed by atoms with Crippen LogP contribution in [0.15, 0.2) is 29.0 Å². The van der Waals surface area contributed by atoms with E-state index in [0.29, 0.717) is 9.31 Å². The minimum atomic E-state index is 0.594. The number of hydrogen-bond acceptors (Lipinski definition) is 2. The molecule has 1 aromatic carbocycles. The molecule has 1 N–H and O–H groups in total. The number of hydrogen-bond donors (Lipinski definition) is 1. The monoisotopic (exact) mass is 133 g/mol. The highest BCUT2D eigenvalue weighted by molar-refractivity contribution is 6.46. The lowest BCUT2D eigenvalue weighted by molar-refractivity contribution is 1.41. The molecule has 0 fully saturated rings. The van der Waals surface area contributed by atoms with Gasteiger partial charge in [0.1, 0.15) is 0 Å². The lowest BCUT2D eigenvalue weighted by Crippen LogP contribution is -2.02. The van der Waals surface area contributed by atoms with Crippen molar-refractivity contribution < 1.29 is 0 Å². The highest BCUT2D eigenvalue weighted by Gasteiger charge is 2.02. The molecule has 0 saturated heterocycles. The number of nitrogens with one attached hydrogen (secondary N) is 1. The van der Waals surface area contributed by atoms with Gasteiger partial charge in [-0.1, -0.05) is 18.2 Å². The molecule has 9 heavy (non-hydrogen) atoms.